The summed E-state index contributed by atoms with van der Waals surface area (Å²) in [4.78, 5) is 11.5. The average Bonchev–Trinajstić information content (AvgIpc) is 3.16. The predicted octanol–water partition coefficient (Wildman–Crippen LogP) is 10.4. The molecule has 0 saturated heterocycles. The molecule has 0 bridgehead atoms. The molecule has 0 aromatic heterocycles. The van der Waals surface area contributed by atoms with Crippen molar-refractivity contribution in [2.75, 3.05) is 13.7 Å². The number of nitrogens with zero attached hydrogens (tertiary/aromatic N) is 1. The number of hydrogen-bond acceptors (Lipinski definition) is 2. The van der Waals surface area contributed by atoms with Crippen LogP contribution in [0.5, 0.6) is 5.75 Å². The number of aliphatic carboxylic acids is 1. The van der Waals surface area contributed by atoms with Crippen LogP contribution in [0.1, 0.15) is 161 Å². The largest absolute Gasteiger partial charge is 0.497 e. The maximum absolute atomic E-state index is 11.5. The van der Waals surface area contributed by atoms with Crippen molar-refractivity contribution in [3.63, 3.8) is 0 Å². The molecule has 0 amide bonds. The van der Waals surface area contributed by atoms with Crippen LogP contribution in [0.3, 0.4) is 0 Å². The van der Waals surface area contributed by atoms with Crippen LogP contribution in [-0.2, 0) is 10.2 Å². The molecule has 1 unspecified atom stereocenters. The first kappa shape index (κ1) is 33.4. The van der Waals surface area contributed by atoms with E-state index in [0.29, 0.717) is 6.54 Å². The van der Waals surface area contributed by atoms with Gasteiger partial charge in [-0.1, -0.05) is 129 Å². The first-order valence-corrected chi connectivity index (χ1v) is 16.5. The van der Waals surface area contributed by atoms with Crippen LogP contribution in [0.2, 0.25) is 0 Å². The quantitative estimate of drug-likeness (QED) is 0.104. The number of ether oxygens (including phenoxy) is 1. The van der Waals surface area contributed by atoms with E-state index in [1.807, 2.05) is 6.07 Å². The molecule has 1 aromatic carbocycles. The Hall–Kier alpha value is -1.84. The molecule has 0 aliphatic carbocycles. The standard InChI is InChI=1S/C35H59NO3/c1-5-7-9-11-13-15-16-18-20-22-27-35(26-21-19-17-14-12-10-8-6-2)30(3)36(28-25-34(37)38)33-24-23-31(39-4)29-32(33)35/h23-24,29H,5-22,25-28H2,1-4H3/p+1. The number of rotatable bonds is 24. The smallest absolute Gasteiger partial charge is 0.309 e. The first-order chi connectivity index (χ1) is 19.0. The van der Waals surface area contributed by atoms with Crippen LogP contribution >= 0.6 is 0 Å². The van der Waals surface area contributed by atoms with Crippen molar-refractivity contribution in [1.29, 1.82) is 0 Å². The Balaban J connectivity index is 2.09. The van der Waals surface area contributed by atoms with Crippen LogP contribution in [0.25, 0.3) is 0 Å². The van der Waals surface area contributed by atoms with Crippen molar-refractivity contribution in [1.82, 2.24) is 0 Å². The molecule has 222 valence electrons. The van der Waals surface area contributed by atoms with Crippen molar-refractivity contribution >= 4 is 17.4 Å². The zero-order valence-corrected chi connectivity index (χ0v) is 26.0. The van der Waals surface area contributed by atoms with E-state index in [9.17, 15) is 9.90 Å². The van der Waals surface area contributed by atoms with Crippen LogP contribution in [-0.4, -0.2) is 35.0 Å². The Labute approximate surface area is 240 Å². The van der Waals surface area contributed by atoms with E-state index in [2.05, 4.69) is 37.5 Å². The number of fused-ring (bicyclic) bond motifs is 1. The van der Waals surface area contributed by atoms with Crippen molar-refractivity contribution in [2.45, 2.75) is 161 Å². The molecule has 39 heavy (non-hydrogen) atoms. The first-order valence-electron chi connectivity index (χ1n) is 16.5. The highest BCUT2D eigenvalue weighted by molar-refractivity contribution is 5.94. The zero-order chi connectivity index (χ0) is 28.3. The summed E-state index contributed by atoms with van der Waals surface area (Å²) in [6.45, 7) is 7.37. The summed E-state index contributed by atoms with van der Waals surface area (Å²) in [7, 11) is 1.75. The maximum Gasteiger partial charge on any atom is 0.309 e. The van der Waals surface area contributed by atoms with Gasteiger partial charge >= 0.3 is 5.97 Å². The van der Waals surface area contributed by atoms with Crippen LogP contribution < -0.4 is 4.74 Å². The second-order valence-corrected chi connectivity index (χ2v) is 12.0. The second kappa shape index (κ2) is 19.3. The van der Waals surface area contributed by atoms with Crippen molar-refractivity contribution < 1.29 is 19.2 Å². The summed E-state index contributed by atoms with van der Waals surface area (Å²) in [6.07, 6.45) is 26.5. The highest BCUT2D eigenvalue weighted by Gasteiger charge is 2.49. The number of methoxy groups -OCH3 is 1. The Bertz CT molecular complexity index is 861. The number of carboxylic acids is 1. The molecule has 0 radical (unpaired) electrons. The van der Waals surface area contributed by atoms with Gasteiger partial charge in [0.15, 0.2) is 12.3 Å². The monoisotopic (exact) mass is 542 g/mol. The minimum atomic E-state index is -0.729. The molecule has 1 N–H and O–H groups in total. The summed E-state index contributed by atoms with van der Waals surface area (Å²) in [5, 5.41) is 9.45. The fourth-order valence-electron chi connectivity index (χ4n) is 6.62. The molecule has 0 saturated carbocycles. The van der Waals surface area contributed by atoms with Gasteiger partial charge in [-0.3, -0.25) is 4.79 Å². The lowest BCUT2D eigenvalue weighted by atomic mass is 9.70. The zero-order valence-electron chi connectivity index (χ0n) is 26.0. The Morgan fingerprint density at radius 3 is 1.67 bits per heavy atom. The molecule has 1 heterocycles. The Morgan fingerprint density at radius 1 is 0.769 bits per heavy atom. The van der Waals surface area contributed by atoms with E-state index in [4.69, 9.17) is 4.74 Å². The highest BCUT2D eigenvalue weighted by Crippen LogP contribution is 2.48. The SMILES string of the molecule is CCCCCCCCCCCCC1(CCCCCCCCCC)C(C)=[N+](CCC(=O)O)c2ccc(OC)cc21. The number of hydrogen-bond donors (Lipinski definition) is 1. The van der Waals surface area contributed by atoms with Gasteiger partial charge < -0.3 is 9.84 Å². The van der Waals surface area contributed by atoms with Gasteiger partial charge in [-0.25, -0.2) is 0 Å². The summed E-state index contributed by atoms with van der Waals surface area (Å²) < 4.78 is 7.98. The fraction of sp³-hybridized carbons (Fsp3) is 0.771. The molecule has 1 aliphatic heterocycles. The second-order valence-electron chi connectivity index (χ2n) is 12.0. The van der Waals surface area contributed by atoms with Gasteiger partial charge in [-0.05, 0) is 25.0 Å². The minimum absolute atomic E-state index is 0.00919. The molecule has 1 aromatic rings. The van der Waals surface area contributed by atoms with Gasteiger partial charge in [-0.15, -0.1) is 0 Å². The van der Waals surface area contributed by atoms with E-state index in [1.165, 1.54) is 133 Å². The lowest BCUT2D eigenvalue weighted by Gasteiger charge is -2.28. The van der Waals surface area contributed by atoms with Gasteiger partial charge in [0.05, 0.1) is 12.5 Å². The van der Waals surface area contributed by atoms with E-state index < -0.39 is 5.97 Å². The molecule has 0 spiro atoms. The van der Waals surface area contributed by atoms with Gasteiger partial charge in [-0.2, -0.15) is 4.58 Å². The normalized spacial score (nSPS) is 16.6. The summed E-state index contributed by atoms with van der Waals surface area (Å²) in [5.74, 6) is 0.179. The third kappa shape index (κ3) is 10.9. The molecule has 2 rings (SSSR count). The predicted molar refractivity (Wildman–Crippen MR) is 166 cm³/mol. The van der Waals surface area contributed by atoms with Crippen molar-refractivity contribution in [3.05, 3.63) is 23.8 Å². The van der Waals surface area contributed by atoms with E-state index >= 15 is 0 Å². The van der Waals surface area contributed by atoms with E-state index in [0.717, 1.165) is 18.6 Å². The van der Waals surface area contributed by atoms with Gasteiger partial charge in [0.25, 0.3) is 0 Å². The van der Waals surface area contributed by atoms with Crippen molar-refractivity contribution in [2.24, 2.45) is 0 Å². The number of benzene rings is 1. The number of unbranched alkanes of at least 4 members (excludes halogenated alkanes) is 16. The Kier molecular flexibility index (Phi) is 16.5. The third-order valence-corrected chi connectivity index (χ3v) is 9.07. The topological polar surface area (TPSA) is 49.5 Å². The molecular formula is C35H60NO3+. The summed E-state index contributed by atoms with van der Waals surface area (Å²) in [5.41, 5.74) is 3.90. The van der Waals surface area contributed by atoms with Gasteiger partial charge in [0, 0.05) is 18.6 Å². The lowest BCUT2D eigenvalue weighted by molar-refractivity contribution is -0.438. The van der Waals surface area contributed by atoms with Crippen molar-refractivity contribution in [3.8, 4) is 5.75 Å². The number of carbonyl (C=O) groups is 1. The molecule has 1 aliphatic rings. The summed E-state index contributed by atoms with van der Waals surface area (Å²) >= 11 is 0. The highest BCUT2D eigenvalue weighted by atomic mass is 16.5. The maximum atomic E-state index is 11.5. The minimum Gasteiger partial charge on any atom is -0.497 e. The van der Waals surface area contributed by atoms with Gasteiger partial charge in [0.1, 0.15) is 12.2 Å². The fourth-order valence-corrected chi connectivity index (χ4v) is 6.62. The van der Waals surface area contributed by atoms with Crippen LogP contribution in [0.4, 0.5) is 5.69 Å². The van der Waals surface area contributed by atoms with Gasteiger partial charge in [0.2, 0.25) is 5.69 Å². The molecule has 1 atom stereocenters. The third-order valence-electron chi connectivity index (χ3n) is 9.07. The van der Waals surface area contributed by atoms with Crippen LogP contribution in [0.15, 0.2) is 18.2 Å². The summed E-state index contributed by atoms with van der Waals surface area (Å²) in [6, 6.07) is 6.45. The Morgan fingerprint density at radius 2 is 1.23 bits per heavy atom. The van der Waals surface area contributed by atoms with E-state index in [-0.39, 0.29) is 11.8 Å². The van der Waals surface area contributed by atoms with E-state index in [1.54, 1.807) is 7.11 Å². The molecule has 4 nitrogen and oxygen atoms in total. The average molecular weight is 543 g/mol. The van der Waals surface area contributed by atoms with Crippen LogP contribution in [0, 0.1) is 0 Å². The molecule has 4 heteroatoms. The lowest BCUT2D eigenvalue weighted by Crippen LogP contribution is -2.34. The molecule has 0 fully saturated rings. The molecular weight excluding hydrogens is 482 g/mol. The number of carboxylic acid groups (broad SMARTS) is 1.